The van der Waals surface area contributed by atoms with E-state index < -0.39 is 0 Å². The Labute approximate surface area is 225 Å². The minimum Gasteiger partial charge on any atom is -0.367 e. The number of anilines is 2. The lowest BCUT2D eigenvalue weighted by molar-refractivity contribution is 0.229. The molecule has 2 fully saturated rings. The first kappa shape index (κ1) is 23.8. The largest absolute Gasteiger partial charge is 0.367 e. The fraction of sp³-hybridized carbons (Fsp3) is 0.393. The van der Waals surface area contributed by atoms with Crippen molar-refractivity contribution >= 4 is 33.7 Å². The van der Waals surface area contributed by atoms with E-state index in [1.54, 1.807) is 12.4 Å². The Bertz CT molecular complexity index is 1780. The maximum atomic E-state index is 12.5. The topological polar surface area (TPSA) is 115 Å². The average molecular weight is 525 g/mol. The number of rotatable bonds is 4. The fourth-order valence-electron chi connectivity index (χ4n) is 6.17. The molecule has 2 aliphatic rings. The van der Waals surface area contributed by atoms with Crippen molar-refractivity contribution in [3.05, 3.63) is 46.5 Å². The van der Waals surface area contributed by atoms with Crippen LogP contribution in [0.5, 0.6) is 0 Å². The molecule has 0 amide bonds. The van der Waals surface area contributed by atoms with E-state index in [0.717, 1.165) is 70.4 Å². The Hall–Kier alpha value is -4.25. The minimum absolute atomic E-state index is 0.0830. The van der Waals surface area contributed by atoms with Gasteiger partial charge in [0.2, 0.25) is 5.95 Å². The van der Waals surface area contributed by atoms with E-state index in [4.69, 9.17) is 9.97 Å². The van der Waals surface area contributed by atoms with Gasteiger partial charge in [0.25, 0.3) is 0 Å². The first-order chi connectivity index (χ1) is 18.9. The zero-order valence-corrected chi connectivity index (χ0v) is 22.7. The van der Waals surface area contributed by atoms with Gasteiger partial charge in [0.1, 0.15) is 11.0 Å². The quantitative estimate of drug-likeness (QED) is 0.369. The molecule has 1 atom stereocenters. The Morgan fingerprint density at radius 3 is 2.74 bits per heavy atom. The molecule has 0 spiro atoms. The fourth-order valence-corrected chi connectivity index (χ4v) is 6.17. The van der Waals surface area contributed by atoms with Crippen LogP contribution < -0.4 is 15.2 Å². The number of aromatic amines is 2. The van der Waals surface area contributed by atoms with E-state index >= 15 is 0 Å². The summed E-state index contributed by atoms with van der Waals surface area (Å²) in [6.07, 6.45) is 5.85. The molecule has 0 aromatic carbocycles. The molecule has 11 heteroatoms. The summed E-state index contributed by atoms with van der Waals surface area (Å²) in [6, 6.07) is 6.13. The summed E-state index contributed by atoms with van der Waals surface area (Å²) >= 11 is 0. The smallest absolute Gasteiger partial charge is 0.206 e. The van der Waals surface area contributed by atoms with Gasteiger partial charge in [-0.3, -0.25) is 19.8 Å². The maximum absolute atomic E-state index is 12.5. The monoisotopic (exact) mass is 524 g/mol. The van der Waals surface area contributed by atoms with Gasteiger partial charge in [-0.05, 0) is 38.4 Å². The molecule has 0 unspecified atom stereocenters. The molecular formula is C28H32N10O. The van der Waals surface area contributed by atoms with E-state index in [1.807, 2.05) is 32.0 Å². The Kier molecular flexibility index (Phi) is 5.44. The molecular weight excluding hydrogens is 492 g/mol. The van der Waals surface area contributed by atoms with E-state index in [-0.39, 0.29) is 5.43 Å². The number of hydrogen-bond donors (Lipinski definition) is 2. The van der Waals surface area contributed by atoms with Crippen LogP contribution >= 0.6 is 0 Å². The highest BCUT2D eigenvalue weighted by molar-refractivity contribution is 5.98. The zero-order valence-electron chi connectivity index (χ0n) is 22.7. The van der Waals surface area contributed by atoms with Crippen LogP contribution in [0.1, 0.15) is 18.5 Å². The first-order valence-corrected chi connectivity index (χ1v) is 13.5. The molecule has 0 bridgehead atoms. The van der Waals surface area contributed by atoms with Crippen LogP contribution in [-0.4, -0.2) is 85.9 Å². The van der Waals surface area contributed by atoms with Crippen LogP contribution in [0.25, 0.3) is 44.6 Å². The van der Waals surface area contributed by atoms with Crippen LogP contribution in [0.2, 0.25) is 0 Å². The number of H-pyrrole nitrogens is 2. The van der Waals surface area contributed by atoms with Crippen molar-refractivity contribution in [1.82, 2.24) is 39.6 Å². The van der Waals surface area contributed by atoms with Gasteiger partial charge >= 0.3 is 0 Å². The van der Waals surface area contributed by atoms with Crippen LogP contribution in [0.15, 0.2) is 35.4 Å². The van der Waals surface area contributed by atoms with Gasteiger partial charge in [0.05, 0.1) is 33.9 Å². The number of pyridine rings is 3. The van der Waals surface area contributed by atoms with E-state index in [1.165, 1.54) is 25.5 Å². The second kappa shape index (κ2) is 8.91. The molecule has 0 saturated carbocycles. The van der Waals surface area contributed by atoms with Gasteiger partial charge in [0.15, 0.2) is 11.2 Å². The third kappa shape index (κ3) is 3.79. The number of piperazine rings is 1. The molecule has 2 saturated heterocycles. The van der Waals surface area contributed by atoms with Crippen LogP contribution in [-0.2, 0) is 7.05 Å². The van der Waals surface area contributed by atoms with Crippen LogP contribution in [0, 0.1) is 6.92 Å². The second-order valence-corrected chi connectivity index (χ2v) is 10.9. The molecule has 0 aliphatic carbocycles. The van der Waals surface area contributed by atoms with E-state index in [2.05, 4.69) is 47.6 Å². The minimum atomic E-state index is -0.0830. The summed E-state index contributed by atoms with van der Waals surface area (Å²) in [5, 5.41) is 8.66. The Morgan fingerprint density at radius 2 is 1.92 bits per heavy atom. The van der Waals surface area contributed by atoms with E-state index in [0.29, 0.717) is 17.3 Å². The summed E-state index contributed by atoms with van der Waals surface area (Å²) in [4.78, 5) is 37.4. The molecule has 39 heavy (non-hydrogen) atoms. The summed E-state index contributed by atoms with van der Waals surface area (Å²) in [5.74, 6) is 1.79. The van der Waals surface area contributed by atoms with E-state index in [9.17, 15) is 4.79 Å². The second-order valence-electron chi connectivity index (χ2n) is 10.9. The highest BCUT2D eigenvalue weighted by Crippen LogP contribution is 2.35. The van der Waals surface area contributed by atoms with Crippen molar-refractivity contribution in [2.75, 3.05) is 50.1 Å². The number of nitrogens with zero attached hydrogens (tertiary/aromatic N) is 8. The Balaban J connectivity index is 1.37. The average Bonchev–Trinajstić information content (AvgIpc) is 3.65. The van der Waals surface area contributed by atoms with Crippen molar-refractivity contribution in [2.24, 2.45) is 7.05 Å². The van der Waals surface area contributed by atoms with Crippen molar-refractivity contribution in [3.63, 3.8) is 0 Å². The zero-order chi connectivity index (χ0) is 26.8. The number of aryl methyl sites for hydroxylation is 2. The van der Waals surface area contributed by atoms with Crippen molar-refractivity contribution in [3.8, 4) is 22.6 Å². The third-order valence-corrected chi connectivity index (χ3v) is 8.19. The summed E-state index contributed by atoms with van der Waals surface area (Å²) in [7, 11) is 6.08. The Morgan fingerprint density at radius 1 is 1.05 bits per heavy atom. The normalized spacial score (nSPS) is 17.8. The summed E-state index contributed by atoms with van der Waals surface area (Å²) < 4.78 is 2.19. The number of imidazole rings is 1. The summed E-state index contributed by atoms with van der Waals surface area (Å²) in [6.45, 7) is 6.19. The third-order valence-electron chi connectivity index (χ3n) is 8.19. The van der Waals surface area contributed by atoms with Gasteiger partial charge < -0.3 is 19.4 Å². The first-order valence-electron chi connectivity index (χ1n) is 13.5. The predicted molar refractivity (Wildman–Crippen MR) is 153 cm³/mol. The molecule has 5 aromatic rings. The maximum Gasteiger partial charge on any atom is 0.206 e. The molecule has 2 aliphatic heterocycles. The highest BCUT2D eigenvalue weighted by Gasteiger charge is 2.32. The van der Waals surface area contributed by atoms with Crippen molar-refractivity contribution < 1.29 is 0 Å². The van der Waals surface area contributed by atoms with Gasteiger partial charge in [-0.25, -0.2) is 9.97 Å². The van der Waals surface area contributed by atoms with Crippen LogP contribution in [0.4, 0.5) is 11.8 Å². The number of hydrogen-bond acceptors (Lipinski definition) is 8. The molecule has 5 aromatic heterocycles. The molecule has 200 valence electrons. The molecule has 7 rings (SSSR count). The van der Waals surface area contributed by atoms with Gasteiger partial charge in [0, 0.05) is 70.7 Å². The van der Waals surface area contributed by atoms with Crippen LogP contribution in [0.3, 0.4) is 0 Å². The highest BCUT2D eigenvalue weighted by atomic mass is 16.1. The predicted octanol–water partition coefficient (Wildman–Crippen LogP) is 2.92. The SMILES string of the molecule is Cc1nc(-c2c[nH]ccc2=O)cc2c(-c3cc4c(nc(N5CCN6CCC[C@@H]6C5)n4C)c(N(C)C)n3)[nH]nc12. The molecule has 11 nitrogen and oxygen atoms in total. The standard InChI is InChI=1S/C28H32N10O/c1-16-24-18(12-20(30-16)19-14-29-8-7-23(19)39)25(34-33-24)21-13-22-26(27(31-21)35(2)3)32-28(36(22)4)38-11-10-37-9-5-6-17(37)15-38/h7-8,12-14,17H,5-6,9-11,15H2,1-4H3,(H,29,39)(H,33,34)/t17-/m1/s1. The van der Waals surface area contributed by atoms with Gasteiger partial charge in [-0.15, -0.1) is 0 Å². The molecule has 0 radical (unpaired) electrons. The summed E-state index contributed by atoms with van der Waals surface area (Å²) in [5.41, 5.74) is 6.00. The van der Waals surface area contributed by atoms with Gasteiger partial charge in [-0.1, -0.05) is 0 Å². The lowest BCUT2D eigenvalue weighted by Crippen LogP contribution is -2.50. The lowest BCUT2D eigenvalue weighted by atomic mass is 10.1. The number of aromatic nitrogens is 7. The lowest BCUT2D eigenvalue weighted by Gasteiger charge is -2.37. The van der Waals surface area contributed by atoms with Crippen molar-refractivity contribution in [1.29, 1.82) is 0 Å². The molecule has 7 heterocycles. The molecule has 2 N–H and O–H groups in total. The number of fused-ring (bicyclic) bond motifs is 3. The van der Waals surface area contributed by atoms with Crippen molar-refractivity contribution in [2.45, 2.75) is 25.8 Å². The van der Waals surface area contributed by atoms with Gasteiger partial charge in [-0.2, -0.15) is 5.10 Å². The number of nitrogens with one attached hydrogen (secondary N) is 2.